The summed E-state index contributed by atoms with van der Waals surface area (Å²) < 4.78 is 0. The van der Waals surface area contributed by atoms with Crippen molar-refractivity contribution in [3.63, 3.8) is 0 Å². The van der Waals surface area contributed by atoms with Gasteiger partial charge in [0.15, 0.2) is 0 Å². The molecule has 0 bridgehead atoms. The summed E-state index contributed by atoms with van der Waals surface area (Å²) in [5.74, 6) is 0.422. The summed E-state index contributed by atoms with van der Waals surface area (Å²) in [6.45, 7) is 2.27. The second-order valence-corrected chi connectivity index (χ2v) is 8.29. The van der Waals surface area contributed by atoms with Crippen molar-refractivity contribution in [1.29, 1.82) is 0 Å². The van der Waals surface area contributed by atoms with Gasteiger partial charge in [-0.2, -0.15) is 0 Å². The fraction of sp³-hybridized carbons (Fsp3) is 0.458. The molecule has 3 heterocycles. The molecule has 4 rings (SSSR count). The van der Waals surface area contributed by atoms with Crippen molar-refractivity contribution >= 4 is 11.8 Å². The van der Waals surface area contributed by atoms with Crippen molar-refractivity contribution in [2.45, 2.75) is 50.5 Å². The van der Waals surface area contributed by atoms with Crippen molar-refractivity contribution in [3.8, 4) is 0 Å². The topological polar surface area (TPSA) is 53.5 Å². The number of hydrogen-bond acceptors (Lipinski definition) is 3. The molecule has 2 fully saturated rings. The summed E-state index contributed by atoms with van der Waals surface area (Å²) in [4.78, 5) is 33.9. The molecule has 1 aromatic carbocycles. The Morgan fingerprint density at radius 2 is 1.66 bits per heavy atom. The van der Waals surface area contributed by atoms with Crippen LogP contribution in [-0.2, 0) is 22.4 Å². The molecule has 1 aromatic heterocycles. The van der Waals surface area contributed by atoms with Crippen LogP contribution in [0.2, 0.25) is 0 Å². The van der Waals surface area contributed by atoms with Gasteiger partial charge in [0.2, 0.25) is 11.8 Å². The Balaban J connectivity index is 1.32. The Bertz CT molecular complexity index is 840. The van der Waals surface area contributed by atoms with Gasteiger partial charge in [-0.3, -0.25) is 14.6 Å². The standard InChI is InChI=1S/C24H29N3O2/c28-22(11-10-21-8-4-15-25-18-21)26-17-14-24(19-26)13-5-16-27(24)23(29)12-9-20-6-2-1-3-7-20/h1-4,6-8,15,18H,5,9-14,16-17,19H2. The molecular weight excluding hydrogens is 362 g/mol. The van der Waals surface area contributed by atoms with Crippen LogP contribution in [0.3, 0.4) is 0 Å². The molecule has 5 heteroatoms. The number of rotatable bonds is 6. The van der Waals surface area contributed by atoms with E-state index in [9.17, 15) is 9.59 Å². The molecule has 1 atom stereocenters. The highest BCUT2D eigenvalue weighted by atomic mass is 16.2. The lowest BCUT2D eigenvalue weighted by molar-refractivity contribution is -0.137. The maximum atomic E-state index is 13.0. The first-order valence-corrected chi connectivity index (χ1v) is 10.7. The maximum absolute atomic E-state index is 13.0. The van der Waals surface area contributed by atoms with Crippen molar-refractivity contribution in [3.05, 3.63) is 66.0 Å². The minimum Gasteiger partial charge on any atom is -0.340 e. The summed E-state index contributed by atoms with van der Waals surface area (Å²) in [5.41, 5.74) is 2.15. The van der Waals surface area contributed by atoms with E-state index in [-0.39, 0.29) is 17.4 Å². The Hall–Kier alpha value is -2.69. The predicted octanol–water partition coefficient (Wildman–Crippen LogP) is 3.24. The number of benzene rings is 1. The summed E-state index contributed by atoms with van der Waals surface area (Å²) in [6, 6.07) is 14.1. The van der Waals surface area contributed by atoms with E-state index in [1.54, 1.807) is 6.20 Å². The number of carbonyl (C=O) groups is 2. The molecule has 0 radical (unpaired) electrons. The van der Waals surface area contributed by atoms with Crippen molar-refractivity contribution in [2.75, 3.05) is 19.6 Å². The zero-order valence-electron chi connectivity index (χ0n) is 16.9. The summed E-state index contributed by atoms with van der Waals surface area (Å²) in [5, 5.41) is 0. The monoisotopic (exact) mass is 391 g/mol. The molecule has 2 aromatic rings. The second-order valence-electron chi connectivity index (χ2n) is 8.29. The molecule has 5 nitrogen and oxygen atoms in total. The fourth-order valence-corrected chi connectivity index (χ4v) is 4.81. The SMILES string of the molecule is O=C(CCc1cccnc1)N1CCC2(CCCN2C(=O)CCc2ccccc2)C1. The summed E-state index contributed by atoms with van der Waals surface area (Å²) in [6.07, 6.45) is 9.07. The van der Waals surface area contributed by atoms with Gasteiger partial charge in [-0.15, -0.1) is 0 Å². The van der Waals surface area contributed by atoms with E-state index in [4.69, 9.17) is 0 Å². The van der Waals surface area contributed by atoms with Crippen LogP contribution in [0.15, 0.2) is 54.9 Å². The van der Waals surface area contributed by atoms with Crippen LogP contribution in [0.5, 0.6) is 0 Å². The first-order chi connectivity index (χ1) is 14.2. The van der Waals surface area contributed by atoms with Gasteiger partial charge in [-0.05, 0) is 49.3 Å². The van der Waals surface area contributed by atoms with Crippen LogP contribution < -0.4 is 0 Å². The fourth-order valence-electron chi connectivity index (χ4n) is 4.81. The molecule has 1 spiro atoms. The third kappa shape index (κ3) is 4.50. The normalized spacial score (nSPS) is 21.1. The lowest BCUT2D eigenvalue weighted by Gasteiger charge is -2.35. The molecule has 2 amide bonds. The van der Waals surface area contributed by atoms with Gasteiger partial charge in [0.05, 0.1) is 5.54 Å². The highest BCUT2D eigenvalue weighted by molar-refractivity contribution is 5.79. The second kappa shape index (κ2) is 8.76. The van der Waals surface area contributed by atoms with Crippen molar-refractivity contribution in [2.24, 2.45) is 0 Å². The van der Waals surface area contributed by atoms with Crippen molar-refractivity contribution < 1.29 is 9.59 Å². The highest BCUT2D eigenvalue weighted by Crippen LogP contribution is 2.38. The number of nitrogens with zero attached hydrogens (tertiary/aromatic N) is 3. The van der Waals surface area contributed by atoms with Crippen LogP contribution in [0.1, 0.15) is 43.2 Å². The Morgan fingerprint density at radius 3 is 2.45 bits per heavy atom. The molecule has 29 heavy (non-hydrogen) atoms. The number of aromatic nitrogens is 1. The number of likely N-dealkylation sites (tertiary alicyclic amines) is 2. The van der Waals surface area contributed by atoms with Crippen LogP contribution in [0.4, 0.5) is 0 Å². The molecular formula is C24H29N3O2. The Morgan fingerprint density at radius 1 is 0.897 bits per heavy atom. The molecule has 2 aliphatic heterocycles. The van der Waals surface area contributed by atoms with Crippen LogP contribution in [-0.4, -0.2) is 51.8 Å². The largest absolute Gasteiger partial charge is 0.340 e. The van der Waals surface area contributed by atoms with Gasteiger partial charge in [0.1, 0.15) is 0 Å². The van der Waals surface area contributed by atoms with Crippen LogP contribution in [0, 0.1) is 0 Å². The third-order valence-electron chi connectivity index (χ3n) is 6.40. The smallest absolute Gasteiger partial charge is 0.223 e. The number of carbonyl (C=O) groups excluding carboxylic acids is 2. The quantitative estimate of drug-likeness (QED) is 0.760. The molecule has 2 saturated heterocycles. The van der Waals surface area contributed by atoms with E-state index in [0.717, 1.165) is 50.8 Å². The highest BCUT2D eigenvalue weighted by Gasteiger charge is 2.48. The predicted molar refractivity (Wildman–Crippen MR) is 112 cm³/mol. The van der Waals surface area contributed by atoms with Gasteiger partial charge in [-0.25, -0.2) is 0 Å². The summed E-state index contributed by atoms with van der Waals surface area (Å²) in [7, 11) is 0. The molecule has 0 saturated carbocycles. The van der Waals surface area contributed by atoms with E-state index < -0.39 is 0 Å². The van der Waals surface area contributed by atoms with Crippen molar-refractivity contribution in [1.82, 2.24) is 14.8 Å². The Labute approximate surface area is 172 Å². The van der Waals surface area contributed by atoms with E-state index in [1.807, 2.05) is 41.4 Å². The molecule has 2 aliphatic rings. The third-order valence-corrected chi connectivity index (χ3v) is 6.40. The minimum atomic E-state index is -0.141. The van der Waals surface area contributed by atoms with Crippen LogP contribution in [0.25, 0.3) is 0 Å². The summed E-state index contributed by atoms with van der Waals surface area (Å²) >= 11 is 0. The minimum absolute atomic E-state index is 0.141. The number of amides is 2. The molecule has 152 valence electrons. The van der Waals surface area contributed by atoms with E-state index in [2.05, 4.69) is 22.0 Å². The average Bonchev–Trinajstić information content (AvgIpc) is 3.39. The zero-order valence-corrected chi connectivity index (χ0v) is 16.9. The number of pyridine rings is 1. The lowest BCUT2D eigenvalue weighted by atomic mass is 9.94. The van der Waals surface area contributed by atoms with Gasteiger partial charge < -0.3 is 9.80 Å². The average molecular weight is 392 g/mol. The molecule has 1 unspecified atom stereocenters. The number of hydrogen-bond donors (Lipinski definition) is 0. The molecule has 0 N–H and O–H groups in total. The lowest BCUT2D eigenvalue weighted by Crippen LogP contribution is -2.49. The number of aryl methyl sites for hydroxylation is 2. The van der Waals surface area contributed by atoms with Gasteiger partial charge in [-0.1, -0.05) is 36.4 Å². The zero-order chi connectivity index (χ0) is 20.1. The Kier molecular flexibility index (Phi) is 5.93. The van der Waals surface area contributed by atoms with Gasteiger partial charge in [0.25, 0.3) is 0 Å². The molecule has 0 aliphatic carbocycles. The maximum Gasteiger partial charge on any atom is 0.223 e. The first kappa shape index (κ1) is 19.6. The van der Waals surface area contributed by atoms with E-state index in [0.29, 0.717) is 19.4 Å². The van der Waals surface area contributed by atoms with E-state index in [1.165, 1.54) is 5.56 Å². The van der Waals surface area contributed by atoms with Gasteiger partial charge in [0, 0.05) is 44.9 Å². The van der Waals surface area contributed by atoms with Gasteiger partial charge >= 0.3 is 0 Å². The van der Waals surface area contributed by atoms with E-state index >= 15 is 0 Å². The first-order valence-electron chi connectivity index (χ1n) is 10.7. The van der Waals surface area contributed by atoms with Crippen LogP contribution >= 0.6 is 0 Å².